The molecule has 3 amide bonds. The number of nitrogens with zero attached hydrogens (tertiary/aromatic N) is 1. The van der Waals surface area contributed by atoms with Gasteiger partial charge in [0.2, 0.25) is 0 Å². The zero-order valence-electron chi connectivity index (χ0n) is 16.1. The van der Waals surface area contributed by atoms with E-state index in [0.29, 0.717) is 5.56 Å². The molecule has 5 heteroatoms. The molecule has 5 nitrogen and oxygen atoms in total. The van der Waals surface area contributed by atoms with Gasteiger partial charge in [-0.05, 0) is 34.5 Å². The van der Waals surface area contributed by atoms with E-state index in [1.54, 1.807) is 24.3 Å². The van der Waals surface area contributed by atoms with Gasteiger partial charge in [0.1, 0.15) is 0 Å². The van der Waals surface area contributed by atoms with Gasteiger partial charge in [0, 0.05) is 37.3 Å². The molecule has 0 aromatic heterocycles. The van der Waals surface area contributed by atoms with Crippen LogP contribution >= 0.6 is 0 Å². The standard InChI is InChI=1S/C24H23N3O2/c28-23(20-7-2-1-3-8-20)26-24(29)25-22-12-14-27(15-13-22)17-18-10-11-19-6-4-5-9-21(19)16-18/h1-12,16H,13-15,17H2,(H2,25,26,28,29). The third-order valence-corrected chi connectivity index (χ3v) is 5.05. The minimum Gasteiger partial charge on any atom is -0.312 e. The highest BCUT2D eigenvalue weighted by Crippen LogP contribution is 2.18. The molecule has 1 aliphatic rings. The van der Waals surface area contributed by atoms with Crippen molar-refractivity contribution < 1.29 is 9.59 Å². The van der Waals surface area contributed by atoms with Gasteiger partial charge < -0.3 is 5.32 Å². The number of amides is 3. The van der Waals surface area contributed by atoms with Crippen LogP contribution in [0.1, 0.15) is 22.3 Å². The van der Waals surface area contributed by atoms with Crippen LogP contribution in [-0.2, 0) is 6.54 Å². The summed E-state index contributed by atoms with van der Waals surface area (Å²) in [6, 6.07) is 23.1. The fourth-order valence-corrected chi connectivity index (χ4v) is 3.51. The summed E-state index contributed by atoms with van der Waals surface area (Å²) in [4.78, 5) is 26.5. The normalized spacial score (nSPS) is 14.3. The van der Waals surface area contributed by atoms with Crippen molar-refractivity contribution in [1.29, 1.82) is 0 Å². The topological polar surface area (TPSA) is 61.4 Å². The van der Waals surface area contributed by atoms with Gasteiger partial charge in [0.15, 0.2) is 0 Å². The Morgan fingerprint density at radius 1 is 0.897 bits per heavy atom. The van der Waals surface area contributed by atoms with E-state index in [1.807, 2.05) is 12.1 Å². The lowest BCUT2D eigenvalue weighted by molar-refractivity contribution is 0.0964. The lowest BCUT2D eigenvalue weighted by Crippen LogP contribution is -2.41. The Bertz CT molecular complexity index is 1060. The molecule has 3 aromatic rings. The van der Waals surface area contributed by atoms with Gasteiger partial charge in [0.25, 0.3) is 5.91 Å². The number of rotatable bonds is 4. The van der Waals surface area contributed by atoms with Crippen LogP contribution < -0.4 is 10.6 Å². The second-order valence-electron chi connectivity index (χ2n) is 7.17. The number of hydrogen-bond donors (Lipinski definition) is 2. The van der Waals surface area contributed by atoms with Gasteiger partial charge in [-0.25, -0.2) is 4.79 Å². The van der Waals surface area contributed by atoms with Gasteiger partial charge in [0.05, 0.1) is 0 Å². The molecule has 0 atom stereocenters. The Kier molecular flexibility index (Phi) is 5.68. The van der Waals surface area contributed by atoms with Crippen molar-refractivity contribution in [2.24, 2.45) is 0 Å². The summed E-state index contributed by atoms with van der Waals surface area (Å²) in [5.41, 5.74) is 2.58. The Labute approximate surface area is 170 Å². The first-order valence-corrected chi connectivity index (χ1v) is 9.74. The van der Waals surface area contributed by atoms with Gasteiger partial charge in [-0.3, -0.25) is 15.0 Å². The molecule has 3 aromatic carbocycles. The number of nitrogens with one attached hydrogen (secondary N) is 2. The molecule has 1 heterocycles. The molecule has 0 bridgehead atoms. The maximum atomic E-state index is 12.1. The van der Waals surface area contributed by atoms with Crippen LogP contribution in [0.25, 0.3) is 10.8 Å². The molecule has 146 valence electrons. The number of benzene rings is 3. The third-order valence-electron chi connectivity index (χ3n) is 5.05. The van der Waals surface area contributed by atoms with Crippen molar-refractivity contribution in [3.8, 4) is 0 Å². The number of fused-ring (bicyclic) bond motifs is 1. The Morgan fingerprint density at radius 3 is 2.41 bits per heavy atom. The fourth-order valence-electron chi connectivity index (χ4n) is 3.51. The third kappa shape index (κ3) is 4.89. The number of hydrogen-bond acceptors (Lipinski definition) is 3. The number of imide groups is 1. The molecule has 1 aliphatic heterocycles. The van der Waals surface area contributed by atoms with Crippen molar-refractivity contribution >= 4 is 22.7 Å². The van der Waals surface area contributed by atoms with Crippen molar-refractivity contribution in [3.63, 3.8) is 0 Å². The number of carbonyl (C=O) groups excluding carboxylic acids is 2. The highest BCUT2D eigenvalue weighted by Gasteiger charge is 2.15. The van der Waals surface area contributed by atoms with E-state index in [-0.39, 0.29) is 0 Å². The van der Waals surface area contributed by atoms with Crippen LogP contribution in [-0.4, -0.2) is 29.9 Å². The van der Waals surface area contributed by atoms with Crippen LogP contribution in [0.3, 0.4) is 0 Å². The van der Waals surface area contributed by atoms with Crippen LogP contribution in [0.2, 0.25) is 0 Å². The minimum atomic E-state index is -0.493. The Morgan fingerprint density at radius 2 is 1.66 bits per heavy atom. The van der Waals surface area contributed by atoms with Gasteiger partial charge in [-0.2, -0.15) is 0 Å². The summed E-state index contributed by atoms with van der Waals surface area (Å²) in [6.07, 6.45) is 2.75. The van der Waals surface area contributed by atoms with Gasteiger partial charge in [-0.15, -0.1) is 0 Å². The van der Waals surface area contributed by atoms with E-state index in [9.17, 15) is 9.59 Å². The van der Waals surface area contributed by atoms with Crippen LogP contribution in [0.5, 0.6) is 0 Å². The van der Waals surface area contributed by atoms with E-state index in [0.717, 1.165) is 31.8 Å². The summed E-state index contributed by atoms with van der Waals surface area (Å²) in [6.45, 7) is 2.48. The molecule has 0 radical (unpaired) electrons. The van der Waals surface area contributed by atoms with Gasteiger partial charge in [-0.1, -0.05) is 60.7 Å². The molecular formula is C24H23N3O2. The van der Waals surface area contributed by atoms with Gasteiger partial charge >= 0.3 is 6.03 Å². The van der Waals surface area contributed by atoms with E-state index in [4.69, 9.17) is 0 Å². The quantitative estimate of drug-likeness (QED) is 0.712. The van der Waals surface area contributed by atoms with Crippen molar-refractivity contribution in [1.82, 2.24) is 15.5 Å². The minimum absolute atomic E-state index is 0.405. The molecule has 29 heavy (non-hydrogen) atoms. The first-order chi connectivity index (χ1) is 14.2. The fraction of sp³-hybridized carbons (Fsp3) is 0.167. The summed E-state index contributed by atoms with van der Waals surface area (Å²) in [5, 5.41) is 7.66. The summed E-state index contributed by atoms with van der Waals surface area (Å²) >= 11 is 0. The van der Waals surface area contributed by atoms with E-state index < -0.39 is 11.9 Å². The number of carbonyl (C=O) groups is 2. The predicted molar refractivity (Wildman–Crippen MR) is 114 cm³/mol. The number of urea groups is 1. The zero-order chi connectivity index (χ0) is 20.1. The molecule has 0 unspecified atom stereocenters. The molecule has 4 rings (SSSR count). The summed E-state index contributed by atoms with van der Waals surface area (Å²) < 4.78 is 0. The lowest BCUT2D eigenvalue weighted by Gasteiger charge is -2.26. The first kappa shape index (κ1) is 18.9. The van der Waals surface area contributed by atoms with Crippen molar-refractivity contribution in [2.45, 2.75) is 13.0 Å². The molecule has 0 spiro atoms. The summed E-state index contributed by atoms with van der Waals surface area (Å²) in [5.74, 6) is -0.405. The van der Waals surface area contributed by atoms with Crippen molar-refractivity contribution in [3.05, 3.63) is 95.7 Å². The van der Waals surface area contributed by atoms with E-state index in [1.165, 1.54) is 16.3 Å². The highest BCUT2D eigenvalue weighted by molar-refractivity contribution is 6.04. The average molecular weight is 385 g/mol. The Balaban J connectivity index is 1.29. The smallest absolute Gasteiger partial charge is 0.312 e. The van der Waals surface area contributed by atoms with Crippen LogP contribution in [0, 0.1) is 0 Å². The SMILES string of the molecule is O=C(NC(=O)c1ccccc1)NC1=CCN(Cc2ccc3ccccc3c2)CC1. The average Bonchev–Trinajstić information content (AvgIpc) is 2.75. The molecular weight excluding hydrogens is 362 g/mol. The highest BCUT2D eigenvalue weighted by atomic mass is 16.2. The molecule has 0 saturated carbocycles. The van der Waals surface area contributed by atoms with E-state index >= 15 is 0 Å². The van der Waals surface area contributed by atoms with Crippen LogP contribution in [0.4, 0.5) is 4.79 Å². The zero-order valence-corrected chi connectivity index (χ0v) is 16.1. The molecule has 0 saturated heterocycles. The van der Waals surface area contributed by atoms with E-state index in [2.05, 4.69) is 58.0 Å². The summed E-state index contributed by atoms with van der Waals surface area (Å²) in [7, 11) is 0. The molecule has 0 fully saturated rings. The maximum Gasteiger partial charge on any atom is 0.325 e. The maximum absolute atomic E-state index is 12.1. The largest absolute Gasteiger partial charge is 0.325 e. The first-order valence-electron chi connectivity index (χ1n) is 9.74. The second-order valence-corrected chi connectivity index (χ2v) is 7.17. The predicted octanol–water partition coefficient (Wildman–Crippen LogP) is 4.07. The lowest BCUT2D eigenvalue weighted by atomic mass is 10.1. The molecule has 2 N–H and O–H groups in total. The van der Waals surface area contributed by atoms with Crippen molar-refractivity contribution in [2.75, 3.05) is 13.1 Å². The van der Waals surface area contributed by atoms with Crippen LogP contribution in [0.15, 0.2) is 84.6 Å². The Hall–Kier alpha value is -3.44. The second kappa shape index (κ2) is 8.71. The molecule has 0 aliphatic carbocycles. The monoisotopic (exact) mass is 385 g/mol.